The lowest BCUT2D eigenvalue weighted by Crippen LogP contribution is -1.93. The van der Waals surface area contributed by atoms with E-state index < -0.39 is 0 Å². The van der Waals surface area contributed by atoms with E-state index in [2.05, 4.69) is 4.99 Å². The third kappa shape index (κ3) is 1.64. The van der Waals surface area contributed by atoms with Crippen LogP contribution in [0.1, 0.15) is 11.1 Å². The van der Waals surface area contributed by atoms with Crippen LogP contribution in [0.5, 0.6) is 5.75 Å². The summed E-state index contributed by atoms with van der Waals surface area (Å²) in [6, 6.07) is 5.95. The Morgan fingerprint density at radius 3 is 2.75 bits per heavy atom. The molecule has 0 fully saturated rings. The summed E-state index contributed by atoms with van der Waals surface area (Å²) in [6.07, 6.45) is 1.81. The molecule has 0 saturated heterocycles. The van der Waals surface area contributed by atoms with Gasteiger partial charge in [-0.25, -0.2) is 0 Å². The zero-order valence-corrected chi connectivity index (χ0v) is 7.66. The predicted octanol–water partition coefficient (Wildman–Crippen LogP) is 2.05. The predicted molar refractivity (Wildman–Crippen MR) is 51.2 cm³/mol. The van der Waals surface area contributed by atoms with E-state index >= 15 is 0 Å². The molecule has 0 aliphatic heterocycles. The van der Waals surface area contributed by atoms with Gasteiger partial charge < -0.3 is 4.74 Å². The fourth-order valence-electron chi connectivity index (χ4n) is 1.13. The summed E-state index contributed by atoms with van der Waals surface area (Å²) in [7, 11) is 3.42. The molecule has 1 rings (SSSR count). The summed E-state index contributed by atoms with van der Waals surface area (Å²) >= 11 is 0. The molecule has 0 atom stereocenters. The van der Waals surface area contributed by atoms with Crippen molar-refractivity contribution in [3.05, 3.63) is 29.3 Å². The Kier molecular flexibility index (Phi) is 2.86. The monoisotopic (exact) mass is 163 g/mol. The van der Waals surface area contributed by atoms with Crippen LogP contribution < -0.4 is 4.74 Å². The highest BCUT2D eigenvalue weighted by molar-refractivity contribution is 5.85. The van der Waals surface area contributed by atoms with E-state index in [0.29, 0.717) is 0 Å². The van der Waals surface area contributed by atoms with E-state index in [1.54, 1.807) is 14.2 Å². The number of aliphatic imine (C=N–C) groups is 1. The first kappa shape index (κ1) is 8.78. The van der Waals surface area contributed by atoms with Crippen molar-refractivity contribution < 1.29 is 4.74 Å². The second-order valence-electron chi connectivity index (χ2n) is 2.58. The van der Waals surface area contributed by atoms with Gasteiger partial charge in [-0.15, -0.1) is 0 Å². The normalized spacial score (nSPS) is 10.6. The maximum Gasteiger partial charge on any atom is 0.127 e. The van der Waals surface area contributed by atoms with Crippen molar-refractivity contribution in [3.8, 4) is 5.75 Å². The Morgan fingerprint density at radius 1 is 1.42 bits per heavy atom. The van der Waals surface area contributed by atoms with E-state index in [4.69, 9.17) is 4.74 Å². The molecule has 2 nitrogen and oxygen atoms in total. The number of nitrogens with zero attached hydrogens (tertiary/aromatic N) is 1. The van der Waals surface area contributed by atoms with E-state index in [1.807, 2.05) is 31.3 Å². The molecule has 0 aliphatic rings. The Labute approximate surface area is 72.9 Å². The van der Waals surface area contributed by atoms with Gasteiger partial charge in [-0.05, 0) is 18.6 Å². The van der Waals surface area contributed by atoms with Crippen molar-refractivity contribution in [1.82, 2.24) is 0 Å². The smallest absolute Gasteiger partial charge is 0.127 e. The molecule has 0 radical (unpaired) electrons. The number of benzene rings is 1. The van der Waals surface area contributed by atoms with E-state index in [1.165, 1.54) is 5.56 Å². The minimum atomic E-state index is 0.876. The molecule has 0 spiro atoms. The largest absolute Gasteiger partial charge is 0.496 e. The molecule has 2 heteroatoms. The standard InChI is InChI=1S/C10H13NO/c1-8-5-4-6-10(12-3)9(8)7-11-2/h4-7H,1-3H3. The highest BCUT2D eigenvalue weighted by atomic mass is 16.5. The number of hydrogen-bond donors (Lipinski definition) is 0. The van der Waals surface area contributed by atoms with Crippen molar-refractivity contribution in [1.29, 1.82) is 0 Å². The van der Waals surface area contributed by atoms with Crippen LogP contribution in [-0.2, 0) is 0 Å². The molecule has 0 aliphatic carbocycles. The summed E-state index contributed by atoms with van der Waals surface area (Å²) in [6.45, 7) is 2.04. The second-order valence-corrected chi connectivity index (χ2v) is 2.58. The summed E-state index contributed by atoms with van der Waals surface area (Å²) in [4.78, 5) is 3.97. The number of methoxy groups -OCH3 is 1. The molecular formula is C10H13NO. The van der Waals surface area contributed by atoms with Crippen LogP contribution in [0.25, 0.3) is 0 Å². The van der Waals surface area contributed by atoms with Gasteiger partial charge in [0.1, 0.15) is 5.75 Å². The van der Waals surface area contributed by atoms with Crippen LogP contribution in [-0.4, -0.2) is 20.4 Å². The van der Waals surface area contributed by atoms with Crippen molar-refractivity contribution in [2.45, 2.75) is 6.92 Å². The zero-order valence-electron chi connectivity index (χ0n) is 7.66. The van der Waals surface area contributed by atoms with E-state index in [-0.39, 0.29) is 0 Å². The van der Waals surface area contributed by atoms with Gasteiger partial charge in [-0.3, -0.25) is 4.99 Å². The van der Waals surface area contributed by atoms with E-state index in [9.17, 15) is 0 Å². The van der Waals surface area contributed by atoms with Crippen molar-refractivity contribution in [3.63, 3.8) is 0 Å². The van der Waals surface area contributed by atoms with Crippen LogP contribution in [0.15, 0.2) is 23.2 Å². The fraction of sp³-hybridized carbons (Fsp3) is 0.300. The van der Waals surface area contributed by atoms with Gasteiger partial charge >= 0.3 is 0 Å². The van der Waals surface area contributed by atoms with Crippen molar-refractivity contribution >= 4 is 6.21 Å². The first-order chi connectivity index (χ1) is 5.79. The van der Waals surface area contributed by atoms with Gasteiger partial charge in [0, 0.05) is 18.8 Å². The van der Waals surface area contributed by atoms with Crippen molar-refractivity contribution in [2.75, 3.05) is 14.2 Å². The minimum Gasteiger partial charge on any atom is -0.496 e. The molecule has 1 aromatic carbocycles. The summed E-state index contributed by atoms with van der Waals surface area (Å²) in [5.41, 5.74) is 2.24. The Bertz CT molecular complexity index is 292. The molecular weight excluding hydrogens is 150 g/mol. The quantitative estimate of drug-likeness (QED) is 0.611. The van der Waals surface area contributed by atoms with Gasteiger partial charge in [0.15, 0.2) is 0 Å². The zero-order chi connectivity index (χ0) is 8.97. The fourth-order valence-corrected chi connectivity index (χ4v) is 1.13. The Hall–Kier alpha value is -1.31. The number of rotatable bonds is 2. The number of ether oxygens (including phenoxy) is 1. The second kappa shape index (κ2) is 3.90. The van der Waals surface area contributed by atoms with E-state index in [0.717, 1.165) is 11.3 Å². The van der Waals surface area contributed by atoms with Crippen molar-refractivity contribution in [2.24, 2.45) is 4.99 Å². The SMILES string of the molecule is CN=Cc1c(C)cccc1OC. The summed E-state index contributed by atoms with van der Waals surface area (Å²) < 4.78 is 5.19. The molecule has 12 heavy (non-hydrogen) atoms. The highest BCUT2D eigenvalue weighted by Crippen LogP contribution is 2.19. The van der Waals surface area contributed by atoms with Gasteiger partial charge in [0.05, 0.1) is 7.11 Å². The van der Waals surface area contributed by atoms with Gasteiger partial charge in [-0.1, -0.05) is 12.1 Å². The third-order valence-electron chi connectivity index (χ3n) is 1.76. The molecule has 64 valence electrons. The molecule has 0 N–H and O–H groups in total. The Balaban J connectivity index is 3.19. The number of hydrogen-bond acceptors (Lipinski definition) is 2. The van der Waals surface area contributed by atoms with Crippen LogP contribution in [0.3, 0.4) is 0 Å². The average Bonchev–Trinajstić information content (AvgIpc) is 2.09. The summed E-state index contributed by atoms with van der Waals surface area (Å²) in [5.74, 6) is 0.876. The molecule has 0 aromatic heterocycles. The third-order valence-corrected chi connectivity index (χ3v) is 1.76. The van der Waals surface area contributed by atoms with Crippen LogP contribution in [0, 0.1) is 6.92 Å². The topological polar surface area (TPSA) is 21.6 Å². The van der Waals surface area contributed by atoms with Crippen LogP contribution in [0.4, 0.5) is 0 Å². The lowest BCUT2D eigenvalue weighted by atomic mass is 10.1. The lowest BCUT2D eigenvalue weighted by molar-refractivity contribution is 0.414. The molecule has 0 heterocycles. The molecule has 0 unspecified atom stereocenters. The lowest BCUT2D eigenvalue weighted by Gasteiger charge is -2.05. The average molecular weight is 163 g/mol. The molecule has 0 saturated carbocycles. The van der Waals surface area contributed by atoms with Gasteiger partial charge in [-0.2, -0.15) is 0 Å². The first-order valence-corrected chi connectivity index (χ1v) is 3.85. The van der Waals surface area contributed by atoms with Crippen LogP contribution >= 0.6 is 0 Å². The van der Waals surface area contributed by atoms with Gasteiger partial charge in [0.2, 0.25) is 0 Å². The first-order valence-electron chi connectivity index (χ1n) is 3.85. The number of aryl methyl sites for hydroxylation is 1. The maximum absolute atomic E-state index is 5.19. The maximum atomic E-state index is 5.19. The molecule has 0 bridgehead atoms. The minimum absolute atomic E-state index is 0.876. The Morgan fingerprint density at radius 2 is 2.17 bits per heavy atom. The molecule has 1 aromatic rings. The molecule has 0 amide bonds. The summed E-state index contributed by atoms with van der Waals surface area (Å²) in [5, 5.41) is 0. The highest BCUT2D eigenvalue weighted by Gasteiger charge is 2.01. The van der Waals surface area contributed by atoms with Crippen LogP contribution in [0.2, 0.25) is 0 Å². The van der Waals surface area contributed by atoms with Gasteiger partial charge in [0.25, 0.3) is 0 Å².